The molecule has 2 heterocycles. The minimum atomic E-state index is 0.348. The average Bonchev–Trinajstić information content (AvgIpc) is 3.54. The lowest BCUT2D eigenvalue weighted by Gasteiger charge is -2.01. The van der Waals surface area contributed by atoms with Crippen molar-refractivity contribution in [3.05, 3.63) is 37.4 Å². The Labute approximate surface area is 221 Å². The third kappa shape index (κ3) is 15.5. The van der Waals surface area contributed by atoms with Gasteiger partial charge in [-0.3, -0.25) is 0 Å². The van der Waals surface area contributed by atoms with Gasteiger partial charge >= 0.3 is 0 Å². The van der Waals surface area contributed by atoms with Crippen molar-refractivity contribution in [1.29, 1.82) is 0 Å². The van der Waals surface area contributed by atoms with Crippen LogP contribution in [0.25, 0.3) is 0 Å². The summed E-state index contributed by atoms with van der Waals surface area (Å²) in [5.41, 5.74) is 0. The van der Waals surface area contributed by atoms with E-state index < -0.39 is 0 Å². The molecule has 0 radical (unpaired) electrons. The fraction of sp³-hybridized carbons (Fsp3) is 0.800. The lowest BCUT2D eigenvalue weighted by atomic mass is 10.1. The molecule has 0 atom stereocenters. The van der Waals surface area contributed by atoms with Crippen molar-refractivity contribution < 1.29 is 19.3 Å². The van der Waals surface area contributed by atoms with Crippen LogP contribution in [0.3, 0.4) is 0 Å². The SMILES string of the molecule is OCCCCCCCCCCC[n+]1ccn(CCn2cc[n+](CCCCCCCCCCCO)c2)c1. The van der Waals surface area contributed by atoms with E-state index in [-0.39, 0.29) is 0 Å². The van der Waals surface area contributed by atoms with E-state index >= 15 is 0 Å². The van der Waals surface area contributed by atoms with Gasteiger partial charge in [-0.1, -0.05) is 77.0 Å². The van der Waals surface area contributed by atoms with Crippen LogP contribution in [-0.2, 0) is 26.2 Å². The molecule has 0 amide bonds. The van der Waals surface area contributed by atoms with Gasteiger partial charge in [0.1, 0.15) is 37.9 Å². The van der Waals surface area contributed by atoms with Gasteiger partial charge in [0.25, 0.3) is 0 Å². The number of aryl methyl sites for hydroxylation is 4. The molecule has 0 saturated heterocycles. The van der Waals surface area contributed by atoms with Gasteiger partial charge in [-0.25, -0.2) is 18.3 Å². The van der Waals surface area contributed by atoms with E-state index in [4.69, 9.17) is 10.2 Å². The molecule has 2 N–H and O–H groups in total. The number of imidazole rings is 2. The summed E-state index contributed by atoms with van der Waals surface area (Å²) in [5.74, 6) is 0. The second-order valence-corrected chi connectivity index (χ2v) is 10.6. The Bertz CT molecular complexity index is 681. The predicted molar refractivity (Wildman–Crippen MR) is 147 cm³/mol. The fourth-order valence-corrected chi connectivity index (χ4v) is 4.92. The number of nitrogens with zero attached hydrogens (tertiary/aromatic N) is 4. The van der Waals surface area contributed by atoms with E-state index in [1.165, 1.54) is 103 Å². The zero-order valence-electron chi connectivity index (χ0n) is 23.1. The maximum absolute atomic E-state index is 8.81. The summed E-state index contributed by atoms with van der Waals surface area (Å²) in [6, 6.07) is 0. The molecule has 0 spiro atoms. The summed E-state index contributed by atoms with van der Waals surface area (Å²) in [6.07, 6.45) is 36.1. The Morgan fingerprint density at radius 2 is 0.722 bits per heavy atom. The first-order valence-electron chi connectivity index (χ1n) is 15.1. The normalized spacial score (nSPS) is 11.5. The number of aliphatic hydroxyl groups is 2. The lowest BCUT2D eigenvalue weighted by Crippen LogP contribution is -2.31. The Morgan fingerprint density at radius 3 is 1.06 bits per heavy atom. The van der Waals surface area contributed by atoms with Gasteiger partial charge in [0.2, 0.25) is 12.7 Å². The van der Waals surface area contributed by atoms with E-state index in [0.717, 1.165) is 39.0 Å². The molecular weight excluding hydrogens is 448 g/mol. The monoisotopic (exact) mass is 504 g/mol. The minimum Gasteiger partial charge on any atom is -0.396 e. The van der Waals surface area contributed by atoms with Gasteiger partial charge in [0, 0.05) is 13.2 Å². The quantitative estimate of drug-likeness (QED) is 0.137. The van der Waals surface area contributed by atoms with Crippen LogP contribution in [0.15, 0.2) is 37.4 Å². The molecule has 2 aromatic rings. The first-order valence-corrected chi connectivity index (χ1v) is 15.1. The number of hydrogen-bond acceptors (Lipinski definition) is 2. The number of aliphatic hydroxyl groups excluding tert-OH is 2. The number of unbranched alkanes of at least 4 members (excludes halogenated alkanes) is 16. The number of aromatic nitrogens is 4. The van der Waals surface area contributed by atoms with Crippen molar-refractivity contribution >= 4 is 0 Å². The van der Waals surface area contributed by atoms with Gasteiger partial charge in [-0.15, -0.1) is 0 Å². The van der Waals surface area contributed by atoms with Crippen LogP contribution in [0.1, 0.15) is 116 Å². The zero-order valence-corrected chi connectivity index (χ0v) is 23.1. The molecule has 206 valence electrons. The smallest absolute Gasteiger partial charge is 0.243 e. The van der Waals surface area contributed by atoms with E-state index in [9.17, 15) is 0 Å². The van der Waals surface area contributed by atoms with Crippen LogP contribution in [0, 0.1) is 0 Å². The summed E-state index contributed by atoms with van der Waals surface area (Å²) in [4.78, 5) is 0. The minimum absolute atomic E-state index is 0.348. The molecule has 6 heteroatoms. The molecule has 0 aromatic carbocycles. The number of rotatable bonds is 25. The first kappa shape index (κ1) is 30.6. The van der Waals surface area contributed by atoms with Crippen molar-refractivity contribution in [2.75, 3.05) is 13.2 Å². The maximum Gasteiger partial charge on any atom is 0.243 e. The van der Waals surface area contributed by atoms with Gasteiger partial charge in [-0.05, 0) is 38.5 Å². The summed E-state index contributed by atoms with van der Waals surface area (Å²) in [7, 11) is 0. The number of hydrogen-bond donors (Lipinski definition) is 2. The standard InChI is InChI=1S/C30H56N4O2/c35-27-17-13-9-5-1-3-7-11-15-19-31-21-23-33(29-31)25-26-34-24-22-32(30-34)20-16-12-8-4-2-6-10-14-18-28-36/h21-24,29-30,35-36H,1-20,25-28H2/q+2. The van der Waals surface area contributed by atoms with Gasteiger partial charge in [0.15, 0.2) is 0 Å². The molecule has 0 aliphatic carbocycles. The second kappa shape index (κ2) is 21.4. The predicted octanol–water partition coefficient (Wildman–Crippen LogP) is 5.57. The maximum atomic E-state index is 8.81. The highest BCUT2D eigenvalue weighted by atomic mass is 16.3. The van der Waals surface area contributed by atoms with Crippen LogP contribution in [0.4, 0.5) is 0 Å². The van der Waals surface area contributed by atoms with Gasteiger partial charge in [-0.2, -0.15) is 0 Å². The van der Waals surface area contributed by atoms with Crippen LogP contribution in [-0.4, -0.2) is 32.6 Å². The Hall–Kier alpha value is -1.66. The molecular formula is C30H56N4O2+2. The summed E-state index contributed by atoms with van der Waals surface area (Å²) in [5, 5.41) is 17.6. The van der Waals surface area contributed by atoms with Crippen LogP contribution in [0.5, 0.6) is 0 Å². The highest BCUT2D eigenvalue weighted by Gasteiger charge is 2.08. The second-order valence-electron chi connectivity index (χ2n) is 10.6. The fourth-order valence-electron chi connectivity index (χ4n) is 4.92. The molecule has 0 bridgehead atoms. The van der Waals surface area contributed by atoms with Crippen molar-refractivity contribution in [1.82, 2.24) is 9.13 Å². The van der Waals surface area contributed by atoms with Crippen molar-refractivity contribution in [3.8, 4) is 0 Å². The topological polar surface area (TPSA) is 58.1 Å². The highest BCUT2D eigenvalue weighted by Crippen LogP contribution is 2.10. The highest BCUT2D eigenvalue weighted by molar-refractivity contribution is 4.70. The van der Waals surface area contributed by atoms with Crippen molar-refractivity contribution in [2.24, 2.45) is 0 Å². The Balaban J connectivity index is 1.46. The summed E-state index contributed by atoms with van der Waals surface area (Å²) >= 11 is 0. The van der Waals surface area contributed by atoms with Crippen molar-refractivity contribution in [2.45, 2.75) is 142 Å². The molecule has 2 rings (SSSR count). The summed E-state index contributed by atoms with van der Waals surface area (Å²) < 4.78 is 9.28. The Kier molecular flexibility index (Phi) is 18.2. The molecule has 6 nitrogen and oxygen atoms in total. The van der Waals surface area contributed by atoms with E-state index in [0.29, 0.717) is 13.2 Å². The van der Waals surface area contributed by atoms with E-state index in [1.807, 2.05) is 0 Å². The van der Waals surface area contributed by atoms with Crippen LogP contribution < -0.4 is 9.13 Å². The van der Waals surface area contributed by atoms with E-state index in [2.05, 4.69) is 55.7 Å². The largest absolute Gasteiger partial charge is 0.396 e. The van der Waals surface area contributed by atoms with Gasteiger partial charge in [0.05, 0.1) is 13.1 Å². The first-order chi connectivity index (χ1) is 17.8. The Morgan fingerprint density at radius 1 is 0.417 bits per heavy atom. The van der Waals surface area contributed by atoms with Gasteiger partial charge < -0.3 is 10.2 Å². The molecule has 0 fully saturated rings. The molecule has 2 aromatic heterocycles. The molecule has 0 saturated carbocycles. The van der Waals surface area contributed by atoms with E-state index in [1.54, 1.807) is 0 Å². The molecule has 0 unspecified atom stereocenters. The third-order valence-electron chi connectivity index (χ3n) is 7.26. The van der Waals surface area contributed by atoms with Crippen LogP contribution >= 0.6 is 0 Å². The summed E-state index contributed by atoms with van der Waals surface area (Å²) in [6.45, 7) is 4.96. The molecule has 0 aliphatic rings. The molecule has 36 heavy (non-hydrogen) atoms. The molecule has 0 aliphatic heterocycles. The third-order valence-corrected chi connectivity index (χ3v) is 7.26. The average molecular weight is 505 g/mol. The van der Waals surface area contributed by atoms with Crippen LogP contribution in [0.2, 0.25) is 0 Å². The van der Waals surface area contributed by atoms with Crippen molar-refractivity contribution in [3.63, 3.8) is 0 Å². The lowest BCUT2D eigenvalue weighted by molar-refractivity contribution is -0.697. The zero-order chi connectivity index (χ0) is 25.5.